The number of nitrogens with zero attached hydrogens (tertiary/aromatic N) is 2. The van der Waals surface area contributed by atoms with Crippen molar-refractivity contribution >= 4 is 23.8 Å². The summed E-state index contributed by atoms with van der Waals surface area (Å²) in [5, 5.41) is 11.9. The van der Waals surface area contributed by atoms with E-state index in [0.717, 1.165) is 12.1 Å². The summed E-state index contributed by atoms with van der Waals surface area (Å²) in [6.07, 6.45) is 3.27. The molecule has 2 bridgehead atoms. The Labute approximate surface area is 150 Å². The van der Waals surface area contributed by atoms with E-state index >= 15 is 0 Å². The third-order valence-electron chi connectivity index (χ3n) is 4.97. The average molecular weight is 365 g/mol. The molecule has 0 radical (unpaired) electrons. The summed E-state index contributed by atoms with van der Waals surface area (Å²) in [4.78, 5) is 37.6. The molecule has 136 valence electrons. The molecule has 1 saturated heterocycles. The maximum Gasteiger partial charge on any atom is 0.326 e. The van der Waals surface area contributed by atoms with E-state index in [1.54, 1.807) is 28.8 Å². The number of hydrogen-bond donors (Lipinski definition) is 2. The number of amides is 2. The second kappa shape index (κ2) is 7.51. The summed E-state index contributed by atoms with van der Waals surface area (Å²) in [5.41, 5.74) is 0.978. The summed E-state index contributed by atoms with van der Waals surface area (Å²) in [6.45, 7) is 1.68. The molecule has 25 heavy (non-hydrogen) atoms. The van der Waals surface area contributed by atoms with Crippen LogP contribution in [0.2, 0.25) is 0 Å². The number of aliphatic carboxylic acids is 1. The van der Waals surface area contributed by atoms with Gasteiger partial charge in [0.15, 0.2) is 0 Å². The molecule has 0 aliphatic carbocycles. The normalized spacial score (nSPS) is 22.8. The largest absolute Gasteiger partial charge is 0.480 e. The maximum absolute atomic E-state index is 12.6. The topological polar surface area (TPSA) is 91.6 Å². The minimum absolute atomic E-state index is 0.00751. The monoisotopic (exact) mass is 365 g/mol. The number of carboxylic acid groups (broad SMARTS) is 1. The van der Waals surface area contributed by atoms with E-state index in [1.165, 1.54) is 0 Å². The molecule has 2 N–H and O–H groups in total. The van der Waals surface area contributed by atoms with Crippen molar-refractivity contribution in [2.75, 3.05) is 25.1 Å². The predicted octanol–water partition coefficient (Wildman–Crippen LogP) is 1.18. The highest BCUT2D eigenvalue weighted by atomic mass is 32.2. The van der Waals surface area contributed by atoms with Gasteiger partial charge in [-0.3, -0.25) is 4.79 Å². The van der Waals surface area contributed by atoms with Gasteiger partial charge in [0, 0.05) is 37.3 Å². The molecule has 2 unspecified atom stereocenters. The van der Waals surface area contributed by atoms with Crippen LogP contribution in [0.15, 0.2) is 23.0 Å². The molecule has 0 saturated carbocycles. The van der Waals surface area contributed by atoms with Crippen LogP contribution in [0.3, 0.4) is 0 Å². The van der Waals surface area contributed by atoms with Crippen LogP contribution in [0.1, 0.15) is 24.5 Å². The van der Waals surface area contributed by atoms with E-state index in [1.807, 2.05) is 16.9 Å². The molecule has 2 aliphatic rings. The second-order valence-corrected chi connectivity index (χ2v) is 7.71. The molecule has 1 aromatic heterocycles. The van der Waals surface area contributed by atoms with Crippen LogP contribution in [0.4, 0.5) is 4.79 Å². The van der Waals surface area contributed by atoms with Crippen LogP contribution in [-0.4, -0.2) is 57.7 Å². The van der Waals surface area contributed by atoms with E-state index in [4.69, 9.17) is 0 Å². The Bertz CT molecular complexity index is 720. The second-order valence-electron chi connectivity index (χ2n) is 6.72. The van der Waals surface area contributed by atoms with Gasteiger partial charge in [0.05, 0.1) is 0 Å². The van der Waals surface area contributed by atoms with Crippen molar-refractivity contribution in [1.82, 2.24) is 14.8 Å². The zero-order valence-corrected chi connectivity index (χ0v) is 15.0. The molecule has 7 nitrogen and oxygen atoms in total. The number of nitrogens with one attached hydrogen (secondary N) is 1. The number of aromatic nitrogens is 1. The van der Waals surface area contributed by atoms with E-state index < -0.39 is 12.0 Å². The molecule has 3 atom stereocenters. The van der Waals surface area contributed by atoms with Crippen molar-refractivity contribution in [3.63, 3.8) is 0 Å². The number of carbonyl (C=O) groups excluding carboxylic acids is 1. The molecule has 1 aromatic rings. The minimum atomic E-state index is -1.00. The first-order valence-electron chi connectivity index (χ1n) is 8.46. The van der Waals surface area contributed by atoms with Gasteiger partial charge in [0.2, 0.25) is 0 Å². The molecule has 3 heterocycles. The van der Waals surface area contributed by atoms with Crippen LogP contribution >= 0.6 is 11.8 Å². The van der Waals surface area contributed by atoms with Crippen LogP contribution in [0.5, 0.6) is 0 Å². The van der Waals surface area contributed by atoms with Gasteiger partial charge in [-0.05, 0) is 36.8 Å². The molecular formula is C17H23N3O4S. The molecule has 1 fully saturated rings. The highest BCUT2D eigenvalue weighted by Gasteiger charge is 2.37. The lowest BCUT2D eigenvalue weighted by Crippen LogP contribution is -2.54. The van der Waals surface area contributed by atoms with Crippen LogP contribution in [-0.2, 0) is 11.3 Å². The minimum Gasteiger partial charge on any atom is -0.480 e. The number of carbonyl (C=O) groups is 2. The van der Waals surface area contributed by atoms with E-state index in [-0.39, 0.29) is 23.4 Å². The van der Waals surface area contributed by atoms with Crippen molar-refractivity contribution in [3.8, 4) is 0 Å². The standard InChI is InChI=1S/C17H23N3O4S/c1-25-6-5-13(16(22)23)18-17(24)19-8-11-7-12(10-19)14-3-2-4-15(21)20(14)9-11/h2-4,11-13H,5-10H2,1H3,(H,18,24)(H,22,23)/t11?,12?,13-/m1/s1. The summed E-state index contributed by atoms with van der Waals surface area (Å²) >= 11 is 1.56. The third kappa shape index (κ3) is 3.84. The summed E-state index contributed by atoms with van der Waals surface area (Å²) in [7, 11) is 0. The Kier molecular flexibility index (Phi) is 5.36. The molecule has 3 rings (SSSR count). The van der Waals surface area contributed by atoms with Gasteiger partial charge in [0.25, 0.3) is 5.56 Å². The van der Waals surface area contributed by atoms with Crippen molar-refractivity contribution < 1.29 is 14.7 Å². The molecule has 2 aliphatic heterocycles. The Hall–Kier alpha value is -1.96. The summed E-state index contributed by atoms with van der Waals surface area (Å²) in [6, 6.07) is 4.09. The number of likely N-dealkylation sites (tertiary alicyclic amines) is 1. The summed E-state index contributed by atoms with van der Waals surface area (Å²) < 4.78 is 1.81. The highest BCUT2D eigenvalue weighted by molar-refractivity contribution is 7.98. The lowest BCUT2D eigenvalue weighted by atomic mass is 9.83. The van der Waals surface area contributed by atoms with Gasteiger partial charge in [-0.2, -0.15) is 11.8 Å². The van der Waals surface area contributed by atoms with Gasteiger partial charge in [-0.25, -0.2) is 9.59 Å². The average Bonchev–Trinajstić information content (AvgIpc) is 2.59. The number of urea groups is 1. The first-order chi connectivity index (χ1) is 12.0. The smallest absolute Gasteiger partial charge is 0.326 e. The van der Waals surface area contributed by atoms with Crippen molar-refractivity contribution in [2.24, 2.45) is 5.92 Å². The zero-order chi connectivity index (χ0) is 18.0. The van der Waals surface area contributed by atoms with Gasteiger partial charge >= 0.3 is 12.0 Å². The van der Waals surface area contributed by atoms with Crippen LogP contribution in [0, 0.1) is 5.92 Å². The fourth-order valence-corrected chi connectivity index (χ4v) is 4.27. The highest BCUT2D eigenvalue weighted by Crippen LogP contribution is 2.34. The number of piperidine rings is 1. The van der Waals surface area contributed by atoms with Gasteiger partial charge < -0.3 is 19.9 Å². The molecule has 0 spiro atoms. The number of pyridine rings is 1. The third-order valence-corrected chi connectivity index (χ3v) is 5.62. The number of rotatable bonds is 5. The zero-order valence-electron chi connectivity index (χ0n) is 14.2. The number of fused-ring (bicyclic) bond motifs is 4. The quantitative estimate of drug-likeness (QED) is 0.818. The number of hydrogen-bond acceptors (Lipinski definition) is 4. The van der Waals surface area contributed by atoms with Crippen molar-refractivity contribution in [1.29, 1.82) is 0 Å². The Morgan fingerprint density at radius 2 is 2.16 bits per heavy atom. The maximum atomic E-state index is 12.6. The molecule has 8 heteroatoms. The fraction of sp³-hybridized carbons (Fsp3) is 0.588. The van der Waals surface area contributed by atoms with Gasteiger partial charge in [-0.15, -0.1) is 0 Å². The van der Waals surface area contributed by atoms with Gasteiger partial charge in [-0.1, -0.05) is 6.07 Å². The van der Waals surface area contributed by atoms with Crippen molar-refractivity contribution in [2.45, 2.75) is 31.3 Å². The first-order valence-corrected chi connectivity index (χ1v) is 9.86. The van der Waals surface area contributed by atoms with Crippen molar-refractivity contribution in [3.05, 3.63) is 34.2 Å². The Morgan fingerprint density at radius 3 is 2.88 bits per heavy atom. The number of thioether (sulfide) groups is 1. The molecule has 2 amide bonds. The predicted molar refractivity (Wildman–Crippen MR) is 96.1 cm³/mol. The number of carboxylic acids is 1. The summed E-state index contributed by atoms with van der Waals surface area (Å²) in [5.74, 6) is 0.0309. The van der Waals surface area contributed by atoms with E-state index in [9.17, 15) is 19.5 Å². The van der Waals surface area contributed by atoms with Crippen LogP contribution < -0.4 is 10.9 Å². The Morgan fingerprint density at radius 1 is 1.36 bits per heavy atom. The fourth-order valence-electron chi connectivity index (χ4n) is 3.80. The SMILES string of the molecule is CSCC[C@@H](NC(=O)N1CC2CC(C1)c1cccc(=O)n1C2)C(=O)O. The van der Waals surface area contributed by atoms with Gasteiger partial charge in [0.1, 0.15) is 6.04 Å². The molecular weight excluding hydrogens is 342 g/mol. The first kappa shape index (κ1) is 17.8. The molecule has 0 aromatic carbocycles. The lowest BCUT2D eigenvalue weighted by Gasteiger charge is -2.42. The van der Waals surface area contributed by atoms with Crippen LogP contribution in [0.25, 0.3) is 0 Å². The van der Waals surface area contributed by atoms with E-state index in [2.05, 4.69) is 5.32 Å². The lowest BCUT2D eigenvalue weighted by molar-refractivity contribution is -0.139. The Balaban J connectivity index is 1.70. The van der Waals surface area contributed by atoms with E-state index in [0.29, 0.717) is 31.8 Å².